The van der Waals surface area contributed by atoms with Crippen LogP contribution in [0.15, 0.2) is 18.2 Å². The number of rotatable bonds is 4. The molecule has 2 heterocycles. The maximum atomic E-state index is 14.0. The highest BCUT2D eigenvalue weighted by molar-refractivity contribution is 5.50. The van der Waals surface area contributed by atoms with Crippen molar-refractivity contribution in [3.05, 3.63) is 29.6 Å². The van der Waals surface area contributed by atoms with Crippen molar-refractivity contribution in [2.24, 2.45) is 0 Å². The Hall–Kier alpha value is -1.17. The number of hydrogen-bond acceptors (Lipinski definition) is 4. The molecule has 0 atom stereocenters. The molecule has 2 saturated heterocycles. The van der Waals surface area contributed by atoms with E-state index in [1.54, 1.807) is 6.07 Å². The Balaban J connectivity index is 1.59. The van der Waals surface area contributed by atoms with Crippen LogP contribution >= 0.6 is 0 Å². The number of hydrogen-bond donors (Lipinski definition) is 1. The van der Waals surface area contributed by atoms with Crippen molar-refractivity contribution in [1.29, 1.82) is 0 Å². The number of halogens is 1. The molecule has 0 spiro atoms. The van der Waals surface area contributed by atoms with E-state index in [0.29, 0.717) is 0 Å². The van der Waals surface area contributed by atoms with Gasteiger partial charge < -0.3 is 9.80 Å². The van der Waals surface area contributed by atoms with Crippen molar-refractivity contribution in [3.63, 3.8) is 0 Å². The molecule has 0 radical (unpaired) electrons. The minimum absolute atomic E-state index is 0.0970. The topological polar surface area (TPSA) is 21.8 Å². The zero-order chi connectivity index (χ0) is 14.7. The average Bonchev–Trinajstić information content (AvgIpc) is 3.02. The van der Waals surface area contributed by atoms with Gasteiger partial charge in [0.15, 0.2) is 0 Å². The number of nitrogens with zero attached hydrogens (tertiary/aromatic N) is 3. The van der Waals surface area contributed by atoms with Crippen LogP contribution in [0, 0.1) is 5.82 Å². The fourth-order valence-electron chi connectivity index (χ4n) is 3.04. The molecular weight excluding hydrogens is 267 g/mol. The molecular formula is C16H25FN4. The second-order valence-corrected chi connectivity index (χ2v) is 6.11. The van der Waals surface area contributed by atoms with Crippen LogP contribution in [0.2, 0.25) is 0 Å². The Bertz CT molecular complexity index is 465. The summed E-state index contributed by atoms with van der Waals surface area (Å²) in [5, 5.41) is 2.26. The molecule has 0 aromatic heterocycles. The molecule has 0 saturated carbocycles. The minimum atomic E-state index is -0.0970. The quantitative estimate of drug-likeness (QED) is 0.911. The first-order chi connectivity index (χ1) is 10.2. The molecule has 1 N–H and O–H groups in total. The predicted molar refractivity (Wildman–Crippen MR) is 83.8 cm³/mol. The Morgan fingerprint density at radius 1 is 1.05 bits per heavy atom. The lowest BCUT2D eigenvalue weighted by atomic mass is 10.2. The van der Waals surface area contributed by atoms with Gasteiger partial charge in [-0.25, -0.2) is 9.40 Å². The average molecular weight is 292 g/mol. The highest BCUT2D eigenvalue weighted by Crippen LogP contribution is 2.24. The van der Waals surface area contributed by atoms with Crippen LogP contribution in [0.4, 0.5) is 10.1 Å². The Kier molecular flexibility index (Phi) is 4.73. The lowest BCUT2D eigenvalue weighted by molar-refractivity contribution is 0.102. The van der Waals surface area contributed by atoms with Gasteiger partial charge in [-0.05, 0) is 37.6 Å². The van der Waals surface area contributed by atoms with Crippen molar-refractivity contribution >= 4 is 5.69 Å². The molecule has 116 valence electrons. The number of likely N-dealkylation sites (N-methyl/N-ethyl adjacent to an activating group) is 1. The zero-order valence-corrected chi connectivity index (χ0v) is 12.8. The number of benzene rings is 1. The first-order valence-electron chi connectivity index (χ1n) is 7.93. The molecule has 0 amide bonds. The van der Waals surface area contributed by atoms with E-state index < -0.39 is 0 Å². The fourth-order valence-corrected chi connectivity index (χ4v) is 3.04. The molecule has 2 fully saturated rings. The van der Waals surface area contributed by atoms with Crippen LogP contribution in [0.5, 0.6) is 0 Å². The third-order valence-corrected chi connectivity index (χ3v) is 4.47. The van der Waals surface area contributed by atoms with Gasteiger partial charge in [0.2, 0.25) is 0 Å². The van der Waals surface area contributed by atoms with Gasteiger partial charge in [-0.1, -0.05) is 6.07 Å². The second-order valence-electron chi connectivity index (χ2n) is 6.11. The third kappa shape index (κ3) is 3.73. The van der Waals surface area contributed by atoms with Crippen LogP contribution in [0.3, 0.4) is 0 Å². The molecule has 0 bridgehead atoms. The lowest BCUT2D eigenvalue weighted by Gasteiger charge is -2.32. The van der Waals surface area contributed by atoms with Crippen molar-refractivity contribution in [2.75, 3.05) is 51.2 Å². The van der Waals surface area contributed by atoms with Crippen LogP contribution < -0.4 is 10.3 Å². The van der Waals surface area contributed by atoms with Gasteiger partial charge in [0.05, 0.1) is 5.69 Å². The van der Waals surface area contributed by atoms with E-state index in [1.165, 1.54) is 12.8 Å². The highest BCUT2D eigenvalue weighted by atomic mass is 19.1. The molecule has 1 aromatic rings. The summed E-state index contributed by atoms with van der Waals surface area (Å²) in [6, 6.07) is 5.50. The van der Waals surface area contributed by atoms with E-state index in [1.807, 2.05) is 12.1 Å². The second kappa shape index (κ2) is 6.73. The molecule has 0 unspecified atom stereocenters. The number of piperazine rings is 1. The third-order valence-electron chi connectivity index (χ3n) is 4.47. The summed E-state index contributed by atoms with van der Waals surface area (Å²) in [7, 11) is 2.15. The number of nitrogens with one attached hydrogen (secondary N) is 1. The van der Waals surface area contributed by atoms with Gasteiger partial charge in [-0.15, -0.1) is 0 Å². The highest BCUT2D eigenvalue weighted by Gasteiger charge is 2.17. The normalized spacial score (nSPS) is 21.1. The van der Waals surface area contributed by atoms with E-state index in [0.717, 1.165) is 57.1 Å². The van der Waals surface area contributed by atoms with Gasteiger partial charge in [-0.2, -0.15) is 0 Å². The maximum absolute atomic E-state index is 14.0. The smallest absolute Gasteiger partial charge is 0.146 e. The van der Waals surface area contributed by atoms with E-state index in [-0.39, 0.29) is 5.82 Å². The largest absolute Gasteiger partial charge is 0.369 e. The SMILES string of the molecule is CN1CCN(NCc2ccc(F)c(N3CCCC3)c2)CC1. The molecule has 1 aromatic carbocycles. The predicted octanol–water partition coefficient (Wildman–Crippen LogP) is 1.68. The van der Waals surface area contributed by atoms with Crippen molar-refractivity contribution in [1.82, 2.24) is 15.3 Å². The molecule has 2 aliphatic heterocycles. The lowest BCUT2D eigenvalue weighted by Crippen LogP contribution is -2.50. The van der Waals surface area contributed by atoms with E-state index >= 15 is 0 Å². The molecule has 5 heteroatoms. The zero-order valence-electron chi connectivity index (χ0n) is 12.8. The summed E-state index contributed by atoms with van der Waals surface area (Å²) in [5.74, 6) is -0.0970. The molecule has 0 aliphatic carbocycles. The Morgan fingerprint density at radius 3 is 2.48 bits per heavy atom. The Labute approximate surface area is 126 Å². The summed E-state index contributed by atoms with van der Waals surface area (Å²) in [6.07, 6.45) is 2.34. The van der Waals surface area contributed by atoms with E-state index in [9.17, 15) is 4.39 Å². The standard InChI is InChI=1S/C16H25FN4/c1-19-8-10-21(11-9-19)18-13-14-4-5-15(17)16(12-14)20-6-2-3-7-20/h4-5,12,18H,2-3,6-11,13H2,1H3. The minimum Gasteiger partial charge on any atom is -0.369 e. The molecule has 4 nitrogen and oxygen atoms in total. The van der Waals surface area contributed by atoms with Gasteiger partial charge >= 0.3 is 0 Å². The maximum Gasteiger partial charge on any atom is 0.146 e. The first-order valence-corrected chi connectivity index (χ1v) is 7.93. The fraction of sp³-hybridized carbons (Fsp3) is 0.625. The first kappa shape index (κ1) is 14.8. The van der Waals surface area contributed by atoms with Crippen LogP contribution in [0.25, 0.3) is 0 Å². The van der Waals surface area contributed by atoms with Crippen molar-refractivity contribution in [3.8, 4) is 0 Å². The molecule has 3 rings (SSSR count). The summed E-state index contributed by atoms with van der Waals surface area (Å²) in [5.41, 5.74) is 5.38. The van der Waals surface area contributed by atoms with Crippen molar-refractivity contribution < 1.29 is 4.39 Å². The van der Waals surface area contributed by atoms with Crippen LogP contribution in [-0.2, 0) is 6.54 Å². The monoisotopic (exact) mass is 292 g/mol. The number of anilines is 1. The van der Waals surface area contributed by atoms with Gasteiger partial charge in [0.1, 0.15) is 5.82 Å². The van der Waals surface area contributed by atoms with E-state index in [2.05, 4.69) is 27.3 Å². The molecule has 21 heavy (non-hydrogen) atoms. The van der Waals surface area contributed by atoms with E-state index in [4.69, 9.17) is 0 Å². The van der Waals surface area contributed by atoms with Gasteiger partial charge in [-0.3, -0.25) is 5.43 Å². The number of hydrazine groups is 1. The van der Waals surface area contributed by atoms with Crippen molar-refractivity contribution in [2.45, 2.75) is 19.4 Å². The van der Waals surface area contributed by atoms with Crippen LogP contribution in [0.1, 0.15) is 18.4 Å². The summed E-state index contributed by atoms with van der Waals surface area (Å²) < 4.78 is 14.0. The van der Waals surface area contributed by atoms with Gasteiger partial charge in [0.25, 0.3) is 0 Å². The summed E-state index contributed by atoms with van der Waals surface area (Å²) in [6.45, 7) is 6.99. The summed E-state index contributed by atoms with van der Waals surface area (Å²) >= 11 is 0. The van der Waals surface area contributed by atoms with Crippen LogP contribution in [-0.4, -0.2) is 56.2 Å². The Morgan fingerprint density at radius 2 is 1.76 bits per heavy atom. The molecule has 2 aliphatic rings. The van der Waals surface area contributed by atoms with Gasteiger partial charge in [0, 0.05) is 45.8 Å². The summed E-state index contributed by atoms with van der Waals surface area (Å²) in [4.78, 5) is 4.50.